The summed E-state index contributed by atoms with van der Waals surface area (Å²) in [5.74, 6) is -0.426. The zero-order valence-corrected chi connectivity index (χ0v) is 14.5. The number of rotatable bonds is 4. The van der Waals surface area contributed by atoms with Crippen molar-refractivity contribution in [3.05, 3.63) is 67.6 Å². The quantitative estimate of drug-likeness (QED) is 0.706. The highest BCUT2D eigenvalue weighted by Crippen LogP contribution is 2.30. The highest BCUT2D eigenvalue weighted by atomic mass is 35.5. The van der Waals surface area contributed by atoms with E-state index in [-0.39, 0.29) is 21.6 Å². The molecule has 0 unspecified atom stereocenters. The SMILES string of the molecule is O=S(=O)(Cc1cccc(Cl)c1Cl)Cc1cccc(Cl)c1Cl. The number of halogens is 4. The van der Waals surface area contributed by atoms with Gasteiger partial charge in [0.25, 0.3) is 0 Å². The van der Waals surface area contributed by atoms with E-state index in [2.05, 4.69) is 0 Å². The summed E-state index contributed by atoms with van der Waals surface area (Å²) in [4.78, 5) is 0. The van der Waals surface area contributed by atoms with Crippen LogP contribution in [0.5, 0.6) is 0 Å². The van der Waals surface area contributed by atoms with Gasteiger partial charge in [-0.2, -0.15) is 0 Å². The van der Waals surface area contributed by atoms with E-state index >= 15 is 0 Å². The largest absolute Gasteiger partial charge is 0.228 e. The van der Waals surface area contributed by atoms with Crippen LogP contribution < -0.4 is 0 Å². The van der Waals surface area contributed by atoms with Crippen LogP contribution in [0.4, 0.5) is 0 Å². The van der Waals surface area contributed by atoms with Gasteiger partial charge in [0.2, 0.25) is 0 Å². The Morgan fingerprint density at radius 3 is 1.48 bits per heavy atom. The first-order valence-corrected chi connectivity index (χ1v) is 9.19. The van der Waals surface area contributed by atoms with Crippen molar-refractivity contribution in [2.45, 2.75) is 11.5 Å². The second-order valence-corrected chi connectivity index (χ2v) is 8.09. The van der Waals surface area contributed by atoms with Crippen molar-refractivity contribution in [1.29, 1.82) is 0 Å². The summed E-state index contributed by atoms with van der Waals surface area (Å²) in [7, 11) is -3.45. The predicted octanol–water partition coefficient (Wildman–Crippen LogP) is 5.42. The van der Waals surface area contributed by atoms with Crippen LogP contribution in [0.2, 0.25) is 20.1 Å². The Hall–Kier alpha value is -0.450. The Labute approximate surface area is 143 Å². The van der Waals surface area contributed by atoms with Crippen LogP contribution in [-0.2, 0) is 21.3 Å². The minimum absolute atomic E-state index is 0.213. The van der Waals surface area contributed by atoms with Crippen molar-refractivity contribution in [1.82, 2.24) is 0 Å². The summed E-state index contributed by atoms with van der Waals surface area (Å²) in [6.45, 7) is 0. The van der Waals surface area contributed by atoms with E-state index < -0.39 is 9.84 Å². The molecule has 2 rings (SSSR count). The first-order chi connectivity index (χ1) is 9.80. The molecule has 0 aromatic heterocycles. The summed E-state index contributed by atoms with van der Waals surface area (Å²) in [5.41, 5.74) is 0.921. The highest BCUT2D eigenvalue weighted by molar-refractivity contribution is 7.89. The van der Waals surface area contributed by atoms with Gasteiger partial charge in [-0.05, 0) is 23.3 Å². The van der Waals surface area contributed by atoms with Crippen molar-refractivity contribution >= 4 is 56.2 Å². The monoisotopic (exact) mass is 382 g/mol. The number of sulfone groups is 1. The van der Waals surface area contributed by atoms with Gasteiger partial charge in [0.1, 0.15) is 0 Å². The Kier molecular flexibility index (Phi) is 5.44. The molecule has 0 N–H and O–H groups in total. The molecule has 2 aromatic carbocycles. The lowest BCUT2D eigenvalue weighted by Crippen LogP contribution is -2.08. The highest BCUT2D eigenvalue weighted by Gasteiger charge is 2.18. The molecule has 0 fully saturated rings. The molecule has 0 aliphatic heterocycles. The van der Waals surface area contributed by atoms with E-state index in [0.29, 0.717) is 21.2 Å². The molecular formula is C14H10Cl4O2S. The zero-order valence-electron chi connectivity index (χ0n) is 10.6. The minimum atomic E-state index is -3.45. The predicted molar refractivity (Wildman–Crippen MR) is 89.3 cm³/mol. The van der Waals surface area contributed by atoms with E-state index in [1.165, 1.54) is 0 Å². The second kappa shape index (κ2) is 6.76. The zero-order chi connectivity index (χ0) is 15.6. The van der Waals surface area contributed by atoms with Gasteiger partial charge >= 0.3 is 0 Å². The molecule has 2 nitrogen and oxygen atoms in total. The molecule has 2 aromatic rings. The first kappa shape index (κ1) is 16.9. The van der Waals surface area contributed by atoms with Gasteiger partial charge in [-0.3, -0.25) is 0 Å². The van der Waals surface area contributed by atoms with Gasteiger partial charge in [0.05, 0.1) is 31.6 Å². The summed E-state index contributed by atoms with van der Waals surface area (Å²) >= 11 is 23.8. The Bertz CT molecular complexity index is 713. The maximum absolute atomic E-state index is 12.3. The van der Waals surface area contributed by atoms with E-state index in [4.69, 9.17) is 46.4 Å². The minimum Gasteiger partial charge on any atom is -0.228 e. The lowest BCUT2D eigenvalue weighted by molar-refractivity contribution is 0.594. The van der Waals surface area contributed by atoms with Gasteiger partial charge in [-0.15, -0.1) is 0 Å². The molecule has 7 heteroatoms. The fourth-order valence-corrected chi connectivity index (χ4v) is 4.31. The standard InChI is InChI=1S/C14H10Cl4O2S/c15-11-5-1-3-9(13(11)17)7-21(19,20)8-10-4-2-6-12(16)14(10)18/h1-6H,7-8H2. The van der Waals surface area contributed by atoms with Crippen molar-refractivity contribution in [2.24, 2.45) is 0 Å². The van der Waals surface area contributed by atoms with Crippen molar-refractivity contribution in [2.75, 3.05) is 0 Å². The smallest absolute Gasteiger partial charge is 0.158 e. The molecule has 0 amide bonds. The lowest BCUT2D eigenvalue weighted by Gasteiger charge is -2.09. The van der Waals surface area contributed by atoms with Gasteiger partial charge in [0.15, 0.2) is 9.84 Å². The summed E-state index contributed by atoms with van der Waals surface area (Å²) in [6.07, 6.45) is 0. The fraction of sp³-hybridized carbons (Fsp3) is 0.143. The van der Waals surface area contributed by atoms with Crippen molar-refractivity contribution in [3.63, 3.8) is 0 Å². The van der Waals surface area contributed by atoms with Crippen LogP contribution in [0.3, 0.4) is 0 Å². The first-order valence-electron chi connectivity index (χ1n) is 5.86. The van der Waals surface area contributed by atoms with Crippen molar-refractivity contribution < 1.29 is 8.42 Å². The summed E-state index contributed by atoms with van der Waals surface area (Å²) in [6, 6.07) is 9.79. The van der Waals surface area contributed by atoms with Gasteiger partial charge in [-0.1, -0.05) is 70.7 Å². The van der Waals surface area contributed by atoms with Gasteiger partial charge in [0, 0.05) is 0 Å². The molecule has 0 atom stereocenters. The van der Waals surface area contributed by atoms with Crippen molar-refractivity contribution in [3.8, 4) is 0 Å². The number of benzene rings is 2. The molecule has 0 spiro atoms. The third kappa shape index (κ3) is 4.27. The van der Waals surface area contributed by atoms with Crippen LogP contribution in [0.25, 0.3) is 0 Å². The average Bonchev–Trinajstić information content (AvgIpc) is 2.40. The van der Waals surface area contributed by atoms with Crippen LogP contribution in [0.1, 0.15) is 11.1 Å². The van der Waals surface area contributed by atoms with E-state index in [1.807, 2.05) is 0 Å². The Balaban J connectivity index is 2.27. The van der Waals surface area contributed by atoms with E-state index in [0.717, 1.165) is 0 Å². The lowest BCUT2D eigenvalue weighted by atomic mass is 10.2. The maximum atomic E-state index is 12.3. The van der Waals surface area contributed by atoms with Crippen LogP contribution >= 0.6 is 46.4 Å². The van der Waals surface area contributed by atoms with E-state index in [9.17, 15) is 8.42 Å². The Morgan fingerprint density at radius 1 is 0.714 bits per heavy atom. The van der Waals surface area contributed by atoms with Crippen LogP contribution in [-0.4, -0.2) is 8.42 Å². The molecule has 21 heavy (non-hydrogen) atoms. The number of hydrogen-bond acceptors (Lipinski definition) is 2. The third-order valence-electron chi connectivity index (χ3n) is 2.81. The molecule has 0 aliphatic rings. The normalized spacial score (nSPS) is 11.6. The topological polar surface area (TPSA) is 34.1 Å². The molecule has 0 aliphatic carbocycles. The fourth-order valence-electron chi connectivity index (χ4n) is 1.84. The average molecular weight is 384 g/mol. The molecule has 112 valence electrons. The van der Waals surface area contributed by atoms with Crippen LogP contribution in [0, 0.1) is 0 Å². The van der Waals surface area contributed by atoms with Gasteiger partial charge < -0.3 is 0 Å². The maximum Gasteiger partial charge on any atom is 0.158 e. The Morgan fingerprint density at radius 2 is 1.10 bits per heavy atom. The summed E-state index contributed by atoms with van der Waals surface area (Å²) < 4.78 is 24.6. The third-order valence-corrected chi connectivity index (χ3v) is 6.03. The number of hydrogen-bond donors (Lipinski definition) is 0. The summed E-state index contributed by atoms with van der Waals surface area (Å²) in [5, 5.41) is 1.15. The molecule has 0 radical (unpaired) electrons. The van der Waals surface area contributed by atoms with Crippen LogP contribution in [0.15, 0.2) is 36.4 Å². The molecule has 0 saturated heterocycles. The second-order valence-electron chi connectivity index (χ2n) is 4.46. The molecular weight excluding hydrogens is 374 g/mol. The van der Waals surface area contributed by atoms with E-state index in [1.54, 1.807) is 36.4 Å². The molecule has 0 saturated carbocycles. The van der Waals surface area contributed by atoms with Gasteiger partial charge in [-0.25, -0.2) is 8.42 Å². The molecule has 0 heterocycles. The molecule has 0 bridgehead atoms.